The Morgan fingerprint density at radius 3 is 2.61 bits per heavy atom. The van der Waals surface area contributed by atoms with Crippen LogP contribution in [-0.2, 0) is 6.61 Å². The van der Waals surface area contributed by atoms with Crippen molar-refractivity contribution in [2.24, 2.45) is 0 Å². The lowest BCUT2D eigenvalue weighted by atomic mass is 10.1. The first-order valence-electron chi connectivity index (χ1n) is 7.99. The van der Waals surface area contributed by atoms with E-state index in [0.717, 1.165) is 40.0 Å². The van der Waals surface area contributed by atoms with Crippen LogP contribution in [0, 0.1) is 0 Å². The summed E-state index contributed by atoms with van der Waals surface area (Å²) in [5, 5.41) is 0.729. The van der Waals surface area contributed by atoms with Crippen molar-refractivity contribution in [1.29, 1.82) is 0 Å². The van der Waals surface area contributed by atoms with E-state index in [-0.39, 0.29) is 0 Å². The van der Waals surface area contributed by atoms with Crippen LogP contribution in [0.15, 0.2) is 48.5 Å². The van der Waals surface area contributed by atoms with Crippen LogP contribution in [0.5, 0.6) is 5.75 Å². The summed E-state index contributed by atoms with van der Waals surface area (Å²) in [7, 11) is 0. The van der Waals surface area contributed by atoms with Gasteiger partial charge in [-0.2, -0.15) is 0 Å². The molecular weight excluding hydrogens is 326 g/mol. The molecule has 0 bridgehead atoms. The predicted molar refractivity (Wildman–Crippen MR) is 99.4 cm³/mol. The summed E-state index contributed by atoms with van der Waals surface area (Å²) in [6, 6.07) is 15.8. The maximum atomic E-state index is 6.17. The van der Waals surface area contributed by atoms with Gasteiger partial charge in [-0.25, -0.2) is 0 Å². The Bertz CT molecular complexity index is 683. The Kier molecular flexibility index (Phi) is 5.52. The van der Waals surface area contributed by atoms with Crippen molar-refractivity contribution >= 4 is 28.8 Å². The molecule has 0 aromatic heterocycles. The third-order valence-electron chi connectivity index (χ3n) is 4.08. The van der Waals surface area contributed by atoms with Crippen molar-refractivity contribution in [1.82, 2.24) is 4.90 Å². The van der Waals surface area contributed by atoms with E-state index in [1.165, 1.54) is 19.3 Å². The lowest BCUT2D eigenvalue weighted by Crippen LogP contribution is -2.34. The number of thiocarbonyl (C=S) groups is 1. The fourth-order valence-electron chi connectivity index (χ4n) is 2.78. The van der Waals surface area contributed by atoms with Gasteiger partial charge in [0.15, 0.2) is 0 Å². The quantitative estimate of drug-likeness (QED) is 0.717. The van der Waals surface area contributed by atoms with Crippen LogP contribution in [0.1, 0.15) is 30.4 Å². The summed E-state index contributed by atoms with van der Waals surface area (Å²) in [6.45, 7) is 2.58. The standard InChI is InChI=1S/C19H20ClNOS/c20-18-10-3-2-7-16(18)14-22-17-9-6-8-15(13-17)19(23)21-11-4-1-5-12-21/h2-3,6-10,13H,1,4-5,11-12,14H2. The highest BCUT2D eigenvalue weighted by Crippen LogP contribution is 2.21. The lowest BCUT2D eigenvalue weighted by molar-refractivity contribution is 0.306. The molecule has 0 atom stereocenters. The average Bonchev–Trinajstić information content (AvgIpc) is 2.61. The third-order valence-corrected chi connectivity index (χ3v) is 4.94. The second-order valence-electron chi connectivity index (χ2n) is 5.76. The molecule has 0 radical (unpaired) electrons. The van der Waals surface area contributed by atoms with Gasteiger partial charge in [-0.05, 0) is 37.5 Å². The molecule has 0 aliphatic carbocycles. The summed E-state index contributed by atoms with van der Waals surface area (Å²) in [5.41, 5.74) is 2.04. The van der Waals surface area contributed by atoms with Crippen molar-refractivity contribution < 1.29 is 4.74 Å². The number of nitrogens with zero attached hydrogens (tertiary/aromatic N) is 1. The van der Waals surface area contributed by atoms with Gasteiger partial charge in [0, 0.05) is 29.2 Å². The van der Waals surface area contributed by atoms with Gasteiger partial charge in [-0.15, -0.1) is 0 Å². The molecule has 0 spiro atoms. The van der Waals surface area contributed by atoms with Gasteiger partial charge in [0.1, 0.15) is 17.3 Å². The second-order valence-corrected chi connectivity index (χ2v) is 6.55. The minimum atomic E-state index is 0.458. The molecular formula is C19H20ClNOS. The summed E-state index contributed by atoms with van der Waals surface area (Å²) >= 11 is 11.8. The zero-order chi connectivity index (χ0) is 16.1. The van der Waals surface area contributed by atoms with E-state index < -0.39 is 0 Å². The summed E-state index contributed by atoms with van der Waals surface area (Å²) in [4.78, 5) is 3.22. The van der Waals surface area contributed by atoms with E-state index in [4.69, 9.17) is 28.6 Å². The topological polar surface area (TPSA) is 12.5 Å². The second kappa shape index (κ2) is 7.80. The first-order chi connectivity index (χ1) is 11.2. The number of hydrogen-bond acceptors (Lipinski definition) is 2. The molecule has 23 heavy (non-hydrogen) atoms. The predicted octanol–water partition coefficient (Wildman–Crippen LogP) is 5.08. The number of benzene rings is 2. The van der Waals surface area contributed by atoms with E-state index in [9.17, 15) is 0 Å². The molecule has 0 N–H and O–H groups in total. The maximum Gasteiger partial charge on any atom is 0.120 e. The van der Waals surface area contributed by atoms with E-state index in [1.807, 2.05) is 42.5 Å². The SMILES string of the molecule is S=C(c1cccc(OCc2ccccc2Cl)c1)N1CCCCC1. The fraction of sp³-hybridized carbons (Fsp3) is 0.316. The summed E-state index contributed by atoms with van der Waals surface area (Å²) in [6.07, 6.45) is 3.76. The first kappa shape index (κ1) is 16.3. The van der Waals surface area contributed by atoms with Crippen LogP contribution in [0.4, 0.5) is 0 Å². The molecule has 120 valence electrons. The lowest BCUT2D eigenvalue weighted by Gasteiger charge is -2.29. The molecule has 0 amide bonds. The summed E-state index contributed by atoms with van der Waals surface area (Å²) < 4.78 is 5.89. The van der Waals surface area contributed by atoms with Crippen LogP contribution in [0.2, 0.25) is 5.02 Å². The van der Waals surface area contributed by atoms with Crippen molar-refractivity contribution in [2.75, 3.05) is 13.1 Å². The van der Waals surface area contributed by atoms with Gasteiger partial charge in [-0.1, -0.05) is 54.2 Å². The average molecular weight is 346 g/mol. The van der Waals surface area contributed by atoms with Gasteiger partial charge >= 0.3 is 0 Å². The third kappa shape index (κ3) is 4.24. The minimum Gasteiger partial charge on any atom is -0.489 e. The van der Waals surface area contributed by atoms with Gasteiger partial charge in [0.2, 0.25) is 0 Å². The van der Waals surface area contributed by atoms with E-state index in [2.05, 4.69) is 11.0 Å². The zero-order valence-electron chi connectivity index (χ0n) is 13.0. The van der Waals surface area contributed by atoms with Gasteiger partial charge in [0.25, 0.3) is 0 Å². The Morgan fingerprint density at radius 1 is 1.04 bits per heavy atom. The van der Waals surface area contributed by atoms with E-state index >= 15 is 0 Å². The van der Waals surface area contributed by atoms with Crippen molar-refractivity contribution in [3.63, 3.8) is 0 Å². The molecule has 0 unspecified atom stereocenters. The minimum absolute atomic E-state index is 0.458. The highest BCUT2D eigenvalue weighted by Gasteiger charge is 2.15. The van der Waals surface area contributed by atoms with Crippen LogP contribution in [0.25, 0.3) is 0 Å². The number of rotatable bonds is 4. The highest BCUT2D eigenvalue weighted by molar-refractivity contribution is 7.80. The van der Waals surface area contributed by atoms with Crippen molar-refractivity contribution in [3.05, 3.63) is 64.7 Å². The molecule has 1 saturated heterocycles. The van der Waals surface area contributed by atoms with E-state index in [0.29, 0.717) is 6.61 Å². The smallest absolute Gasteiger partial charge is 0.120 e. The molecule has 2 aromatic rings. The number of hydrogen-bond donors (Lipinski definition) is 0. The number of likely N-dealkylation sites (tertiary alicyclic amines) is 1. The zero-order valence-corrected chi connectivity index (χ0v) is 14.6. The van der Waals surface area contributed by atoms with Crippen molar-refractivity contribution in [2.45, 2.75) is 25.9 Å². The number of halogens is 1. The fourth-order valence-corrected chi connectivity index (χ4v) is 3.27. The molecule has 2 nitrogen and oxygen atoms in total. The van der Waals surface area contributed by atoms with Gasteiger partial charge in [0.05, 0.1) is 0 Å². The van der Waals surface area contributed by atoms with Gasteiger partial charge in [-0.3, -0.25) is 0 Å². The van der Waals surface area contributed by atoms with Crippen LogP contribution in [0.3, 0.4) is 0 Å². The number of piperidine rings is 1. The molecule has 0 saturated carbocycles. The molecule has 3 rings (SSSR count). The molecule has 2 aromatic carbocycles. The summed E-state index contributed by atoms with van der Waals surface area (Å²) in [5.74, 6) is 0.821. The molecule has 1 aliphatic rings. The van der Waals surface area contributed by atoms with Crippen molar-refractivity contribution in [3.8, 4) is 5.75 Å². The van der Waals surface area contributed by atoms with E-state index in [1.54, 1.807) is 0 Å². The van der Waals surface area contributed by atoms with Crippen LogP contribution in [-0.4, -0.2) is 23.0 Å². The maximum absolute atomic E-state index is 6.17. The molecule has 1 fully saturated rings. The Morgan fingerprint density at radius 2 is 1.83 bits per heavy atom. The molecule has 1 aliphatic heterocycles. The van der Waals surface area contributed by atoms with Crippen LogP contribution >= 0.6 is 23.8 Å². The monoisotopic (exact) mass is 345 g/mol. The van der Waals surface area contributed by atoms with Crippen LogP contribution < -0.4 is 4.74 Å². The Labute approximate surface area is 148 Å². The first-order valence-corrected chi connectivity index (χ1v) is 8.78. The normalized spacial score (nSPS) is 14.6. The Balaban J connectivity index is 1.67. The Hall–Kier alpha value is -1.58. The number of ether oxygens (including phenoxy) is 1. The molecule has 4 heteroatoms. The largest absolute Gasteiger partial charge is 0.489 e. The highest BCUT2D eigenvalue weighted by atomic mass is 35.5. The van der Waals surface area contributed by atoms with Gasteiger partial charge < -0.3 is 9.64 Å². The molecule has 1 heterocycles.